The molecule has 0 aromatic rings. The van der Waals surface area contributed by atoms with Crippen molar-refractivity contribution in [3.05, 3.63) is 0 Å². The maximum Gasteiger partial charge on any atom is 0.306 e. The molecule has 0 spiro atoms. The SMILES string of the molecule is CCN(C)CCNCC1(O)CCC(C(=O)O)CC1. The first-order chi connectivity index (χ1) is 8.47. The standard InChI is InChI=1S/C13H26N2O3/c1-3-15(2)9-8-14-10-13(18)6-4-11(5-7-13)12(16)17/h11,14,18H,3-10H2,1-2H3,(H,16,17). The lowest BCUT2D eigenvalue weighted by Gasteiger charge is -2.35. The van der Waals surface area contributed by atoms with Crippen molar-refractivity contribution in [2.45, 2.75) is 38.2 Å². The van der Waals surface area contributed by atoms with Gasteiger partial charge in [0.05, 0.1) is 11.5 Å². The molecule has 18 heavy (non-hydrogen) atoms. The summed E-state index contributed by atoms with van der Waals surface area (Å²) in [4.78, 5) is 13.0. The van der Waals surface area contributed by atoms with E-state index >= 15 is 0 Å². The summed E-state index contributed by atoms with van der Waals surface area (Å²) >= 11 is 0. The van der Waals surface area contributed by atoms with Crippen LogP contribution >= 0.6 is 0 Å². The number of aliphatic hydroxyl groups is 1. The van der Waals surface area contributed by atoms with Gasteiger partial charge in [-0.05, 0) is 39.3 Å². The Morgan fingerprint density at radius 2 is 2.06 bits per heavy atom. The molecule has 0 saturated heterocycles. The minimum absolute atomic E-state index is 0.267. The van der Waals surface area contributed by atoms with Crippen molar-refractivity contribution >= 4 is 5.97 Å². The maximum absolute atomic E-state index is 10.8. The summed E-state index contributed by atoms with van der Waals surface area (Å²) < 4.78 is 0. The first kappa shape index (κ1) is 15.4. The Labute approximate surface area is 109 Å². The molecule has 5 heteroatoms. The van der Waals surface area contributed by atoms with Gasteiger partial charge in [-0.1, -0.05) is 6.92 Å². The van der Waals surface area contributed by atoms with Crippen molar-refractivity contribution in [2.24, 2.45) is 5.92 Å². The fraction of sp³-hybridized carbons (Fsp3) is 0.923. The van der Waals surface area contributed by atoms with Crippen LogP contribution in [-0.4, -0.2) is 59.9 Å². The van der Waals surface area contributed by atoms with E-state index in [1.165, 1.54) is 0 Å². The molecule has 3 N–H and O–H groups in total. The molecule has 0 bridgehead atoms. The molecular formula is C13H26N2O3. The molecule has 0 unspecified atom stereocenters. The molecule has 0 aromatic carbocycles. The molecule has 1 saturated carbocycles. The number of nitrogens with one attached hydrogen (secondary N) is 1. The largest absolute Gasteiger partial charge is 0.481 e. The van der Waals surface area contributed by atoms with Crippen LogP contribution in [0.3, 0.4) is 0 Å². The summed E-state index contributed by atoms with van der Waals surface area (Å²) in [6.45, 7) is 5.52. The third-order valence-electron chi connectivity index (χ3n) is 3.93. The van der Waals surface area contributed by atoms with E-state index in [0.29, 0.717) is 32.2 Å². The van der Waals surface area contributed by atoms with Gasteiger partial charge in [0.25, 0.3) is 0 Å². The second-order valence-corrected chi connectivity index (χ2v) is 5.41. The summed E-state index contributed by atoms with van der Waals surface area (Å²) in [7, 11) is 2.06. The van der Waals surface area contributed by atoms with E-state index in [2.05, 4.69) is 24.2 Å². The van der Waals surface area contributed by atoms with Gasteiger partial charge in [-0.15, -0.1) is 0 Å². The molecule has 5 nitrogen and oxygen atoms in total. The fourth-order valence-electron chi connectivity index (χ4n) is 2.33. The van der Waals surface area contributed by atoms with E-state index in [1.54, 1.807) is 0 Å². The van der Waals surface area contributed by atoms with Crippen molar-refractivity contribution in [2.75, 3.05) is 33.2 Å². The predicted octanol–water partition coefficient (Wildman–Crippen LogP) is 0.534. The highest BCUT2D eigenvalue weighted by Gasteiger charge is 2.35. The third-order valence-corrected chi connectivity index (χ3v) is 3.93. The number of hydrogen-bond donors (Lipinski definition) is 3. The average Bonchev–Trinajstić information content (AvgIpc) is 2.35. The fourth-order valence-corrected chi connectivity index (χ4v) is 2.33. The van der Waals surface area contributed by atoms with Gasteiger partial charge in [0.1, 0.15) is 0 Å². The van der Waals surface area contributed by atoms with Crippen LogP contribution in [0.1, 0.15) is 32.6 Å². The highest BCUT2D eigenvalue weighted by atomic mass is 16.4. The molecule has 106 valence electrons. The second kappa shape index (κ2) is 7.07. The van der Waals surface area contributed by atoms with Crippen LogP contribution in [0.25, 0.3) is 0 Å². The van der Waals surface area contributed by atoms with Crippen molar-refractivity contribution in [1.29, 1.82) is 0 Å². The van der Waals surface area contributed by atoms with Crippen LogP contribution in [0.5, 0.6) is 0 Å². The average molecular weight is 258 g/mol. The van der Waals surface area contributed by atoms with Gasteiger partial charge in [-0.25, -0.2) is 0 Å². The lowest BCUT2D eigenvalue weighted by molar-refractivity contribution is -0.144. The predicted molar refractivity (Wildman–Crippen MR) is 70.6 cm³/mol. The van der Waals surface area contributed by atoms with E-state index in [9.17, 15) is 9.90 Å². The topological polar surface area (TPSA) is 72.8 Å². The van der Waals surface area contributed by atoms with Crippen molar-refractivity contribution in [3.8, 4) is 0 Å². The molecule has 1 fully saturated rings. The van der Waals surface area contributed by atoms with Gasteiger partial charge in [0.15, 0.2) is 0 Å². The second-order valence-electron chi connectivity index (χ2n) is 5.41. The third kappa shape index (κ3) is 4.92. The Hall–Kier alpha value is -0.650. The zero-order valence-electron chi connectivity index (χ0n) is 11.5. The Morgan fingerprint density at radius 1 is 1.44 bits per heavy atom. The van der Waals surface area contributed by atoms with E-state index in [4.69, 9.17) is 5.11 Å². The smallest absolute Gasteiger partial charge is 0.306 e. The molecular weight excluding hydrogens is 232 g/mol. The Kier molecular flexibility index (Phi) is 6.05. The van der Waals surface area contributed by atoms with Crippen molar-refractivity contribution in [3.63, 3.8) is 0 Å². The molecule has 0 amide bonds. The van der Waals surface area contributed by atoms with E-state index < -0.39 is 11.6 Å². The Bertz CT molecular complexity index is 263. The maximum atomic E-state index is 10.8. The van der Waals surface area contributed by atoms with Crippen molar-refractivity contribution in [1.82, 2.24) is 10.2 Å². The summed E-state index contributed by atoms with van der Waals surface area (Å²) in [6, 6.07) is 0. The normalized spacial score (nSPS) is 28.6. The van der Waals surface area contributed by atoms with Gasteiger partial charge < -0.3 is 20.4 Å². The van der Waals surface area contributed by atoms with E-state index in [1.807, 2.05) is 0 Å². The molecule has 0 aliphatic heterocycles. The van der Waals surface area contributed by atoms with Crippen LogP contribution in [0.4, 0.5) is 0 Å². The molecule has 1 aliphatic rings. The van der Waals surface area contributed by atoms with Gasteiger partial charge in [-0.3, -0.25) is 4.79 Å². The van der Waals surface area contributed by atoms with Crippen LogP contribution in [0.2, 0.25) is 0 Å². The number of likely N-dealkylation sites (N-methyl/N-ethyl adjacent to an activating group) is 1. The Balaban J connectivity index is 2.20. The van der Waals surface area contributed by atoms with Crippen LogP contribution in [0, 0.1) is 5.92 Å². The highest BCUT2D eigenvalue weighted by Crippen LogP contribution is 2.31. The zero-order valence-corrected chi connectivity index (χ0v) is 11.5. The summed E-state index contributed by atoms with van der Waals surface area (Å²) in [5, 5.41) is 22.5. The molecule has 0 aromatic heterocycles. The number of rotatable bonds is 7. The first-order valence-corrected chi connectivity index (χ1v) is 6.81. The molecule has 0 atom stereocenters. The number of aliphatic carboxylic acids is 1. The summed E-state index contributed by atoms with van der Waals surface area (Å²) in [5.41, 5.74) is -0.712. The van der Waals surface area contributed by atoms with Gasteiger partial charge >= 0.3 is 5.97 Å². The molecule has 0 radical (unpaired) electrons. The number of hydrogen-bond acceptors (Lipinski definition) is 4. The summed E-state index contributed by atoms with van der Waals surface area (Å²) in [6.07, 6.45) is 2.34. The number of carboxylic acid groups (broad SMARTS) is 1. The highest BCUT2D eigenvalue weighted by molar-refractivity contribution is 5.70. The van der Waals surface area contributed by atoms with E-state index in [-0.39, 0.29) is 5.92 Å². The number of nitrogens with zero attached hydrogens (tertiary/aromatic N) is 1. The number of carbonyl (C=O) groups is 1. The quantitative estimate of drug-likeness (QED) is 0.581. The van der Waals surface area contributed by atoms with E-state index in [0.717, 1.165) is 19.6 Å². The zero-order chi connectivity index (χ0) is 13.6. The monoisotopic (exact) mass is 258 g/mol. The lowest BCUT2D eigenvalue weighted by atomic mass is 9.79. The first-order valence-electron chi connectivity index (χ1n) is 6.81. The van der Waals surface area contributed by atoms with Gasteiger partial charge in [0, 0.05) is 19.6 Å². The van der Waals surface area contributed by atoms with Gasteiger partial charge in [0.2, 0.25) is 0 Å². The van der Waals surface area contributed by atoms with Crippen molar-refractivity contribution < 1.29 is 15.0 Å². The minimum atomic E-state index is -0.727. The molecule has 0 heterocycles. The number of carboxylic acids is 1. The minimum Gasteiger partial charge on any atom is -0.481 e. The van der Waals surface area contributed by atoms with Crippen LogP contribution < -0.4 is 5.32 Å². The summed E-state index contributed by atoms with van der Waals surface area (Å²) in [5.74, 6) is -0.994. The Morgan fingerprint density at radius 3 is 2.56 bits per heavy atom. The van der Waals surface area contributed by atoms with Gasteiger partial charge in [-0.2, -0.15) is 0 Å². The lowest BCUT2D eigenvalue weighted by Crippen LogP contribution is -2.45. The van der Waals surface area contributed by atoms with Crippen LogP contribution in [-0.2, 0) is 4.79 Å². The van der Waals surface area contributed by atoms with Crippen LogP contribution in [0.15, 0.2) is 0 Å². The molecule has 1 aliphatic carbocycles. The molecule has 1 rings (SSSR count).